The molecule has 1 aromatic rings. The number of anilines is 2. The highest BCUT2D eigenvalue weighted by Gasteiger charge is 1.99. The number of unbranched alkanes of at least 4 members (excludes halogenated alkanes) is 1. The number of nitrogen functional groups attached to an aromatic ring is 1. The lowest BCUT2D eigenvalue weighted by atomic mass is 10.2. The molecule has 96 valence electrons. The normalized spacial score (nSPS) is 10.8. The van der Waals surface area contributed by atoms with Crippen LogP contribution in [0.4, 0.5) is 15.8 Å². The minimum Gasteiger partial charge on any atom is -0.397 e. The molecule has 0 saturated heterocycles. The minimum atomic E-state index is -0.307. The molecule has 3 nitrogen and oxygen atoms in total. The van der Waals surface area contributed by atoms with E-state index in [0.29, 0.717) is 5.69 Å². The topological polar surface area (TPSA) is 47.3 Å². The van der Waals surface area contributed by atoms with Crippen molar-refractivity contribution in [2.45, 2.75) is 32.8 Å². The smallest absolute Gasteiger partial charge is 0.125 e. The number of benzene rings is 1. The lowest BCUT2D eigenvalue weighted by Crippen LogP contribution is -2.08. The highest BCUT2D eigenvalue weighted by Crippen LogP contribution is 2.18. The van der Waals surface area contributed by atoms with Gasteiger partial charge in [-0.3, -0.25) is 0 Å². The molecule has 17 heavy (non-hydrogen) atoms. The van der Waals surface area contributed by atoms with E-state index in [1.807, 2.05) is 13.8 Å². The molecule has 1 rings (SSSR count). The zero-order chi connectivity index (χ0) is 12.7. The van der Waals surface area contributed by atoms with E-state index in [1.165, 1.54) is 12.1 Å². The van der Waals surface area contributed by atoms with Crippen LogP contribution in [-0.4, -0.2) is 19.3 Å². The van der Waals surface area contributed by atoms with Gasteiger partial charge in [-0.2, -0.15) is 0 Å². The molecule has 0 radical (unpaired) electrons. The summed E-state index contributed by atoms with van der Waals surface area (Å²) in [6, 6.07) is 4.39. The van der Waals surface area contributed by atoms with Gasteiger partial charge >= 0.3 is 0 Å². The Labute approximate surface area is 102 Å². The number of nitrogens with one attached hydrogen (secondary N) is 1. The molecule has 1 aromatic carbocycles. The fourth-order valence-electron chi connectivity index (χ4n) is 1.46. The average Bonchev–Trinajstić information content (AvgIpc) is 2.25. The van der Waals surface area contributed by atoms with Crippen molar-refractivity contribution in [3.8, 4) is 0 Å². The van der Waals surface area contributed by atoms with Crippen molar-refractivity contribution in [2.24, 2.45) is 0 Å². The second-order valence-corrected chi connectivity index (χ2v) is 4.29. The third kappa shape index (κ3) is 5.54. The number of hydrogen-bond acceptors (Lipinski definition) is 3. The first-order chi connectivity index (χ1) is 8.09. The van der Waals surface area contributed by atoms with Gasteiger partial charge in [-0.05, 0) is 44.9 Å². The van der Waals surface area contributed by atoms with E-state index in [-0.39, 0.29) is 11.9 Å². The van der Waals surface area contributed by atoms with Gasteiger partial charge in [0, 0.05) is 13.2 Å². The molecule has 0 fully saturated rings. The number of ether oxygens (including phenoxy) is 1. The van der Waals surface area contributed by atoms with E-state index in [4.69, 9.17) is 10.5 Å². The van der Waals surface area contributed by atoms with Gasteiger partial charge in [-0.1, -0.05) is 0 Å². The number of nitrogens with two attached hydrogens (primary N) is 1. The molecule has 0 aliphatic rings. The predicted octanol–water partition coefficient (Wildman–Crippen LogP) is 3.03. The van der Waals surface area contributed by atoms with E-state index in [1.54, 1.807) is 6.07 Å². The quantitative estimate of drug-likeness (QED) is 0.569. The summed E-state index contributed by atoms with van der Waals surface area (Å²) in [5, 5.41) is 3.18. The van der Waals surface area contributed by atoms with Crippen molar-refractivity contribution >= 4 is 11.4 Å². The molecule has 0 heterocycles. The summed E-state index contributed by atoms with van der Waals surface area (Å²) in [7, 11) is 0. The molecule has 0 unspecified atom stereocenters. The van der Waals surface area contributed by atoms with Crippen molar-refractivity contribution in [3.63, 3.8) is 0 Å². The van der Waals surface area contributed by atoms with Crippen molar-refractivity contribution in [1.82, 2.24) is 0 Å². The van der Waals surface area contributed by atoms with Gasteiger partial charge in [0.2, 0.25) is 0 Å². The van der Waals surface area contributed by atoms with Gasteiger partial charge in [0.1, 0.15) is 5.82 Å². The van der Waals surface area contributed by atoms with E-state index in [0.717, 1.165) is 31.7 Å². The maximum atomic E-state index is 12.8. The van der Waals surface area contributed by atoms with Crippen LogP contribution < -0.4 is 11.1 Å². The van der Waals surface area contributed by atoms with Gasteiger partial charge in [0.05, 0.1) is 17.5 Å². The van der Waals surface area contributed by atoms with Crippen molar-refractivity contribution in [3.05, 3.63) is 24.0 Å². The molecule has 0 spiro atoms. The summed E-state index contributed by atoms with van der Waals surface area (Å²) in [5.41, 5.74) is 6.91. The van der Waals surface area contributed by atoms with E-state index in [9.17, 15) is 4.39 Å². The Morgan fingerprint density at radius 1 is 1.35 bits per heavy atom. The fraction of sp³-hybridized carbons (Fsp3) is 0.538. The van der Waals surface area contributed by atoms with Crippen LogP contribution in [-0.2, 0) is 4.74 Å². The zero-order valence-electron chi connectivity index (χ0n) is 10.5. The monoisotopic (exact) mass is 240 g/mol. The van der Waals surface area contributed by atoms with Crippen molar-refractivity contribution < 1.29 is 9.13 Å². The molecular formula is C13H21FN2O. The Morgan fingerprint density at radius 2 is 2.12 bits per heavy atom. The summed E-state index contributed by atoms with van der Waals surface area (Å²) in [6.45, 7) is 5.64. The second kappa shape index (κ2) is 7.12. The largest absolute Gasteiger partial charge is 0.397 e. The lowest BCUT2D eigenvalue weighted by molar-refractivity contribution is 0.0765. The SMILES string of the molecule is CC(C)OCCCCNc1ccc(F)cc1N. The van der Waals surface area contributed by atoms with E-state index < -0.39 is 0 Å². The molecule has 4 heteroatoms. The maximum Gasteiger partial charge on any atom is 0.125 e. The van der Waals surface area contributed by atoms with Crippen LogP contribution in [0.1, 0.15) is 26.7 Å². The van der Waals surface area contributed by atoms with E-state index in [2.05, 4.69) is 5.32 Å². The predicted molar refractivity (Wildman–Crippen MR) is 69.6 cm³/mol. The number of halogens is 1. The van der Waals surface area contributed by atoms with Crippen LogP contribution in [0.25, 0.3) is 0 Å². The van der Waals surface area contributed by atoms with Crippen LogP contribution in [0.2, 0.25) is 0 Å². The van der Waals surface area contributed by atoms with Crippen LogP contribution in [0, 0.1) is 5.82 Å². The molecule has 0 aromatic heterocycles. The Kier molecular flexibility index (Phi) is 5.77. The molecule has 0 bridgehead atoms. The highest BCUT2D eigenvalue weighted by molar-refractivity contribution is 5.65. The molecule has 0 saturated carbocycles. The van der Waals surface area contributed by atoms with Crippen molar-refractivity contribution in [2.75, 3.05) is 24.2 Å². The third-order valence-electron chi connectivity index (χ3n) is 2.35. The van der Waals surface area contributed by atoms with Crippen molar-refractivity contribution in [1.29, 1.82) is 0 Å². The molecule has 0 amide bonds. The summed E-state index contributed by atoms with van der Waals surface area (Å²) >= 11 is 0. The zero-order valence-corrected chi connectivity index (χ0v) is 10.5. The Hall–Kier alpha value is -1.29. The molecule has 0 atom stereocenters. The Bertz CT molecular complexity index is 342. The van der Waals surface area contributed by atoms with Crippen LogP contribution in [0.15, 0.2) is 18.2 Å². The van der Waals surface area contributed by atoms with Crippen LogP contribution in [0.5, 0.6) is 0 Å². The first-order valence-electron chi connectivity index (χ1n) is 6.00. The standard InChI is InChI=1S/C13H21FN2O/c1-10(2)17-8-4-3-7-16-13-6-5-11(14)9-12(13)15/h5-6,9-10,16H,3-4,7-8,15H2,1-2H3. The highest BCUT2D eigenvalue weighted by atomic mass is 19.1. The first kappa shape index (κ1) is 13.8. The van der Waals surface area contributed by atoms with Gasteiger partial charge in [-0.15, -0.1) is 0 Å². The average molecular weight is 240 g/mol. The van der Waals surface area contributed by atoms with Gasteiger partial charge in [0.25, 0.3) is 0 Å². The van der Waals surface area contributed by atoms with Gasteiger partial charge in [-0.25, -0.2) is 4.39 Å². The molecule has 0 aliphatic heterocycles. The minimum absolute atomic E-state index is 0.288. The van der Waals surface area contributed by atoms with Crippen LogP contribution >= 0.6 is 0 Å². The Morgan fingerprint density at radius 3 is 2.76 bits per heavy atom. The summed E-state index contributed by atoms with van der Waals surface area (Å²) < 4.78 is 18.2. The summed E-state index contributed by atoms with van der Waals surface area (Å²) in [5.74, 6) is -0.307. The second-order valence-electron chi connectivity index (χ2n) is 4.29. The van der Waals surface area contributed by atoms with E-state index >= 15 is 0 Å². The lowest BCUT2D eigenvalue weighted by Gasteiger charge is -2.10. The third-order valence-corrected chi connectivity index (χ3v) is 2.35. The first-order valence-corrected chi connectivity index (χ1v) is 6.00. The van der Waals surface area contributed by atoms with Gasteiger partial charge in [0.15, 0.2) is 0 Å². The fourth-order valence-corrected chi connectivity index (χ4v) is 1.46. The summed E-state index contributed by atoms with van der Waals surface area (Å²) in [6.07, 6.45) is 2.30. The van der Waals surface area contributed by atoms with Crippen LogP contribution in [0.3, 0.4) is 0 Å². The molecule has 3 N–H and O–H groups in total. The number of rotatable bonds is 7. The maximum absolute atomic E-state index is 12.8. The number of hydrogen-bond donors (Lipinski definition) is 2. The summed E-state index contributed by atoms with van der Waals surface area (Å²) in [4.78, 5) is 0. The van der Waals surface area contributed by atoms with Gasteiger partial charge < -0.3 is 15.8 Å². The Balaban J connectivity index is 2.18. The molecular weight excluding hydrogens is 219 g/mol. The molecule has 0 aliphatic carbocycles.